The molecule has 0 saturated carbocycles. The molecule has 1 fully saturated rings. The zero-order chi connectivity index (χ0) is 8.21. The first-order chi connectivity index (χ1) is 4.21. The van der Waals surface area contributed by atoms with Crippen molar-refractivity contribution in [3.05, 3.63) is 0 Å². The molecule has 0 aromatic rings. The monoisotopic (exact) mass is 154 g/mol. The lowest BCUT2D eigenvalue weighted by molar-refractivity contribution is 0.130. The van der Waals surface area contributed by atoms with Crippen molar-refractivity contribution < 1.29 is 0 Å². The minimum atomic E-state index is 0.526. The molecule has 0 spiro atoms. The third-order valence-electron chi connectivity index (χ3n) is 3.75. The Morgan fingerprint density at radius 3 is 1.00 bits per heavy atom. The van der Waals surface area contributed by atoms with Gasteiger partial charge >= 0.3 is 0 Å². The molecule has 0 amide bonds. The molecule has 58 valence electrons. The highest BCUT2D eigenvalue weighted by atomic mass is 28.2. The molecule has 0 aromatic carbocycles. The van der Waals surface area contributed by atoms with Crippen LogP contribution in [0.5, 0.6) is 0 Å². The summed E-state index contributed by atoms with van der Waals surface area (Å²) >= 11 is 0. The van der Waals surface area contributed by atoms with Crippen LogP contribution in [0.15, 0.2) is 0 Å². The van der Waals surface area contributed by atoms with E-state index in [-0.39, 0.29) is 0 Å². The van der Waals surface area contributed by atoms with E-state index >= 15 is 0 Å². The second-order valence-electron chi connectivity index (χ2n) is 5.00. The molecule has 10 heavy (non-hydrogen) atoms. The third-order valence-corrected chi connectivity index (χ3v) is 6.25. The summed E-state index contributed by atoms with van der Waals surface area (Å²) in [5.41, 5.74) is 0.526. The molecule has 1 saturated heterocycles. The van der Waals surface area contributed by atoms with Crippen LogP contribution in [0.1, 0.15) is 41.5 Å². The van der Waals surface area contributed by atoms with E-state index in [4.69, 9.17) is 0 Å². The molecule has 0 atom stereocenters. The minimum Gasteiger partial charge on any atom is -0.0622 e. The van der Waals surface area contributed by atoms with E-state index in [1.165, 1.54) is 0 Å². The van der Waals surface area contributed by atoms with Gasteiger partial charge in [0, 0.05) is 0 Å². The van der Waals surface area contributed by atoms with Crippen molar-refractivity contribution in [2.45, 2.75) is 51.6 Å². The first-order valence-electron chi connectivity index (χ1n) is 4.00. The van der Waals surface area contributed by atoms with Crippen molar-refractivity contribution in [1.29, 1.82) is 0 Å². The number of hydrogen-bond donors (Lipinski definition) is 0. The largest absolute Gasteiger partial charge is 0.0622 e. The van der Waals surface area contributed by atoms with Crippen LogP contribution in [0.2, 0.25) is 10.1 Å². The van der Waals surface area contributed by atoms with Crippen LogP contribution in [0.25, 0.3) is 0 Å². The lowest BCUT2D eigenvalue weighted by Crippen LogP contribution is -2.55. The molecular weight excluding hydrogens is 136 g/mol. The Morgan fingerprint density at radius 1 is 0.700 bits per heavy atom. The van der Waals surface area contributed by atoms with Crippen molar-refractivity contribution in [3.8, 4) is 0 Å². The Morgan fingerprint density at radius 2 is 1.00 bits per heavy atom. The van der Waals surface area contributed by atoms with Crippen molar-refractivity contribution >= 4 is 9.52 Å². The van der Waals surface area contributed by atoms with Crippen molar-refractivity contribution in [2.24, 2.45) is 5.41 Å². The van der Waals surface area contributed by atoms with E-state index < -0.39 is 0 Å². The highest BCUT2D eigenvalue weighted by Gasteiger charge is 2.59. The van der Waals surface area contributed by atoms with Crippen molar-refractivity contribution in [1.82, 2.24) is 0 Å². The van der Waals surface area contributed by atoms with Crippen LogP contribution < -0.4 is 0 Å². The van der Waals surface area contributed by atoms with Gasteiger partial charge in [0.15, 0.2) is 0 Å². The predicted molar refractivity (Wildman–Crippen MR) is 47.6 cm³/mol. The van der Waals surface area contributed by atoms with E-state index in [0.29, 0.717) is 15.5 Å². The first kappa shape index (κ1) is 8.31. The maximum Gasteiger partial charge on any atom is 0.0530 e. The van der Waals surface area contributed by atoms with E-state index in [0.717, 1.165) is 9.52 Å². The fraction of sp³-hybridized carbons (Fsp3) is 1.00. The van der Waals surface area contributed by atoms with Gasteiger partial charge in [0.05, 0.1) is 9.52 Å². The van der Waals surface area contributed by atoms with Crippen LogP contribution in [0.4, 0.5) is 0 Å². The fourth-order valence-electron chi connectivity index (χ4n) is 1.81. The summed E-state index contributed by atoms with van der Waals surface area (Å²) in [6, 6.07) is 0. The second-order valence-corrected chi connectivity index (χ2v) is 7.75. The molecule has 0 aromatic heterocycles. The summed E-state index contributed by atoms with van der Waals surface area (Å²) in [6.45, 7) is 14.3. The summed E-state index contributed by atoms with van der Waals surface area (Å²) in [4.78, 5) is 0. The maximum atomic E-state index is 2.39. The molecule has 0 bridgehead atoms. The molecule has 0 nitrogen and oxygen atoms in total. The molecule has 1 aliphatic heterocycles. The van der Waals surface area contributed by atoms with E-state index in [9.17, 15) is 0 Å². The normalized spacial score (nSPS) is 33.0. The Balaban J connectivity index is 2.85. The van der Waals surface area contributed by atoms with Gasteiger partial charge in [-0.05, 0) is 15.5 Å². The van der Waals surface area contributed by atoms with Gasteiger partial charge < -0.3 is 0 Å². The number of rotatable bonds is 0. The van der Waals surface area contributed by atoms with Gasteiger partial charge in [-0.25, -0.2) is 0 Å². The van der Waals surface area contributed by atoms with Gasteiger partial charge in [0.25, 0.3) is 0 Å². The maximum absolute atomic E-state index is 2.39. The third kappa shape index (κ3) is 0.730. The van der Waals surface area contributed by atoms with Gasteiger partial charge in [-0.3, -0.25) is 0 Å². The Hall–Kier alpha value is 0.217. The van der Waals surface area contributed by atoms with Gasteiger partial charge in [-0.15, -0.1) is 0 Å². The SMILES string of the molecule is CC1(C)[Si]C(C)(C)C1(C)C. The molecule has 0 N–H and O–H groups in total. The lowest BCUT2D eigenvalue weighted by Gasteiger charge is -2.64. The number of hydrogen-bond acceptors (Lipinski definition) is 0. The molecule has 0 unspecified atom stereocenters. The molecule has 2 radical (unpaired) electrons. The molecule has 1 heterocycles. The molecule has 1 aliphatic rings. The topological polar surface area (TPSA) is 0 Å². The molecular formula is C9H18Si. The average molecular weight is 154 g/mol. The summed E-state index contributed by atoms with van der Waals surface area (Å²) in [5, 5.41) is 1.16. The van der Waals surface area contributed by atoms with Gasteiger partial charge in [0.2, 0.25) is 0 Å². The van der Waals surface area contributed by atoms with E-state index in [2.05, 4.69) is 41.5 Å². The Kier molecular flexibility index (Phi) is 1.40. The van der Waals surface area contributed by atoms with Crippen LogP contribution >= 0.6 is 0 Å². The van der Waals surface area contributed by atoms with Crippen LogP contribution in [0, 0.1) is 5.41 Å². The van der Waals surface area contributed by atoms with E-state index in [1.807, 2.05) is 0 Å². The minimum absolute atomic E-state index is 0.526. The molecule has 0 aliphatic carbocycles. The predicted octanol–water partition coefficient (Wildman–Crippen LogP) is 3.13. The lowest BCUT2D eigenvalue weighted by atomic mass is 9.68. The van der Waals surface area contributed by atoms with Crippen LogP contribution in [-0.2, 0) is 0 Å². The smallest absolute Gasteiger partial charge is 0.0530 e. The van der Waals surface area contributed by atoms with Gasteiger partial charge in [0.1, 0.15) is 0 Å². The second kappa shape index (κ2) is 1.69. The Labute approximate surface area is 67.2 Å². The summed E-state index contributed by atoms with van der Waals surface area (Å²) < 4.78 is 0. The zero-order valence-electron chi connectivity index (χ0n) is 8.00. The summed E-state index contributed by atoms with van der Waals surface area (Å²) in [7, 11) is 1.13. The highest BCUT2D eigenvalue weighted by molar-refractivity contribution is 6.49. The summed E-state index contributed by atoms with van der Waals surface area (Å²) in [5.74, 6) is 0. The highest BCUT2D eigenvalue weighted by Crippen LogP contribution is 2.70. The van der Waals surface area contributed by atoms with Gasteiger partial charge in [-0.2, -0.15) is 0 Å². The van der Waals surface area contributed by atoms with Crippen molar-refractivity contribution in [2.75, 3.05) is 0 Å². The van der Waals surface area contributed by atoms with Crippen LogP contribution in [-0.4, -0.2) is 9.52 Å². The molecule has 1 rings (SSSR count). The molecule has 1 heteroatoms. The first-order valence-corrected chi connectivity index (χ1v) is 5.00. The van der Waals surface area contributed by atoms with Gasteiger partial charge in [-0.1, -0.05) is 41.5 Å². The van der Waals surface area contributed by atoms with Crippen LogP contribution in [0.3, 0.4) is 0 Å². The van der Waals surface area contributed by atoms with E-state index in [1.54, 1.807) is 0 Å². The fourth-order valence-corrected chi connectivity index (χ4v) is 4.44. The standard InChI is InChI=1S/C9H18Si/c1-7(2)8(3,4)10-9(7,5)6/h1-6H3. The zero-order valence-corrected chi connectivity index (χ0v) is 9.00. The average Bonchev–Trinajstić information content (AvgIpc) is 1.61. The Bertz CT molecular complexity index is 138. The van der Waals surface area contributed by atoms with Crippen molar-refractivity contribution in [3.63, 3.8) is 0 Å². The quantitative estimate of drug-likeness (QED) is 0.470. The summed E-state index contributed by atoms with van der Waals surface area (Å²) in [6.07, 6.45) is 0.